The first kappa shape index (κ1) is 13.9. The van der Waals surface area contributed by atoms with Crippen molar-refractivity contribution in [3.8, 4) is 0 Å². The molecule has 2 heterocycles. The maximum atomic E-state index is 12.2. The minimum absolute atomic E-state index is 0.0843. The molecule has 1 aromatic carbocycles. The monoisotopic (exact) mass is 295 g/mol. The molecule has 2 aliphatic rings. The van der Waals surface area contributed by atoms with Gasteiger partial charge in [0.05, 0.1) is 23.3 Å². The van der Waals surface area contributed by atoms with E-state index in [-0.39, 0.29) is 12.0 Å². The van der Waals surface area contributed by atoms with E-state index >= 15 is 0 Å². The van der Waals surface area contributed by atoms with Gasteiger partial charge in [-0.1, -0.05) is 11.6 Å². The predicted molar refractivity (Wildman–Crippen MR) is 75.2 cm³/mol. The van der Waals surface area contributed by atoms with E-state index in [0.29, 0.717) is 29.2 Å². The van der Waals surface area contributed by atoms with E-state index in [9.17, 15) is 9.82 Å². The van der Waals surface area contributed by atoms with Crippen molar-refractivity contribution in [3.63, 3.8) is 0 Å². The highest BCUT2D eigenvalue weighted by atomic mass is 35.5. The summed E-state index contributed by atoms with van der Waals surface area (Å²) in [4.78, 5) is 12.2. The Hall–Kier alpha value is -1.08. The highest BCUT2D eigenvalue weighted by molar-refractivity contribution is 6.61. The largest absolute Gasteiger partial charge is 0.491 e. The first-order valence-electron chi connectivity index (χ1n) is 6.67. The number of nitrogens with one attached hydrogen (secondary N) is 1. The van der Waals surface area contributed by atoms with Crippen LogP contribution in [-0.4, -0.2) is 37.3 Å². The summed E-state index contributed by atoms with van der Waals surface area (Å²) in [6.45, 7) is 1.54. The number of rotatable bonds is 3. The summed E-state index contributed by atoms with van der Waals surface area (Å²) in [7, 11) is -0.980. The van der Waals surface area contributed by atoms with Crippen LogP contribution in [0.1, 0.15) is 28.8 Å². The zero-order valence-corrected chi connectivity index (χ0v) is 11.7. The fraction of sp³-hybridized carbons (Fsp3) is 0.462. The molecule has 3 rings (SSSR count). The lowest BCUT2D eigenvalue weighted by Crippen LogP contribution is -2.34. The first-order valence-corrected chi connectivity index (χ1v) is 7.05. The van der Waals surface area contributed by atoms with Gasteiger partial charge in [-0.05, 0) is 36.0 Å². The van der Waals surface area contributed by atoms with Crippen molar-refractivity contribution in [2.45, 2.75) is 25.6 Å². The van der Waals surface area contributed by atoms with Crippen molar-refractivity contribution in [2.75, 3.05) is 13.2 Å². The number of hydrogen-bond donors (Lipinski definition) is 2. The van der Waals surface area contributed by atoms with Crippen LogP contribution in [0, 0.1) is 0 Å². The van der Waals surface area contributed by atoms with Gasteiger partial charge in [0.15, 0.2) is 0 Å². The lowest BCUT2D eigenvalue weighted by Gasteiger charge is -2.12. The Morgan fingerprint density at radius 2 is 2.40 bits per heavy atom. The van der Waals surface area contributed by atoms with E-state index in [2.05, 4.69) is 5.32 Å². The van der Waals surface area contributed by atoms with Crippen molar-refractivity contribution >= 4 is 30.1 Å². The molecule has 1 atom stereocenters. The second-order valence-electron chi connectivity index (χ2n) is 5.04. The predicted octanol–water partition coefficient (Wildman–Crippen LogP) is 0.466. The van der Waals surface area contributed by atoms with Gasteiger partial charge < -0.3 is 19.7 Å². The van der Waals surface area contributed by atoms with Crippen molar-refractivity contribution in [1.29, 1.82) is 0 Å². The summed E-state index contributed by atoms with van der Waals surface area (Å²) in [5.41, 5.74) is 1.78. The third-order valence-electron chi connectivity index (χ3n) is 3.65. The maximum absolute atomic E-state index is 12.2. The van der Waals surface area contributed by atoms with Crippen LogP contribution in [0.5, 0.6) is 0 Å². The number of halogens is 1. The molecule has 0 aromatic heterocycles. The molecule has 0 saturated carbocycles. The summed E-state index contributed by atoms with van der Waals surface area (Å²) in [6.07, 6.45) is 2.08. The van der Waals surface area contributed by atoms with Crippen molar-refractivity contribution in [2.24, 2.45) is 0 Å². The molecule has 0 aliphatic carbocycles. The molecule has 0 bridgehead atoms. The summed E-state index contributed by atoms with van der Waals surface area (Å²) < 4.78 is 10.6. The van der Waals surface area contributed by atoms with Gasteiger partial charge in [-0.3, -0.25) is 4.79 Å². The normalized spacial score (nSPS) is 21.1. The SMILES string of the molecule is O=C(NCC1CCCO1)c1cc2c(cc1Cl)COB2O. The van der Waals surface area contributed by atoms with Crippen molar-refractivity contribution in [1.82, 2.24) is 5.32 Å². The number of fused-ring (bicyclic) bond motifs is 1. The Bertz CT molecular complexity index is 533. The van der Waals surface area contributed by atoms with Crippen LogP contribution in [0.4, 0.5) is 0 Å². The van der Waals surface area contributed by atoms with E-state index in [0.717, 1.165) is 25.0 Å². The van der Waals surface area contributed by atoms with Crippen LogP contribution in [0.15, 0.2) is 12.1 Å². The van der Waals surface area contributed by atoms with E-state index in [1.165, 1.54) is 0 Å². The second kappa shape index (κ2) is 5.73. The summed E-state index contributed by atoms with van der Waals surface area (Å²) in [6, 6.07) is 3.27. The summed E-state index contributed by atoms with van der Waals surface area (Å²) in [5.74, 6) is -0.257. The topological polar surface area (TPSA) is 67.8 Å². The number of carbonyl (C=O) groups excluding carboxylic acids is 1. The Balaban J connectivity index is 1.72. The van der Waals surface area contributed by atoms with Crippen LogP contribution >= 0.6 is 11.6 Å². The van der Waals surface area contributed by atoms with Crippen LogP contribution in [-0.2, 0) is 16.0 Å². The molecule has 0 radical (unpaired) electrons. The Kier molecular flexibility index (Phi) is 3.98. The quantitative estimate of drug-likeness (QED) is 0.795. The van der Waals surface area contributed by atoms with Crippen LogP contribution in [0.2, 0.25) is 5.02 Å². The summed E-state index contributed by atoms with van der Waals surface area (Å²) in [5, 5.41) is 12.8. The molecule has 1 saturated heterocycles. The molecular weight excluding hydrogens is 280 g/mol. The number of amides is 1. The lowest BCUT2D eigenvalue weighted by atomic mass is 9.78. The van der Waals surface area contributed by atoms with E-state index in [1.807, 2.05) is 0 Å². The van der Waals surface area contributed by atoms with Gasteiger partial charge in [0.2, 0.25) is 0 Å². The number of ether oxygens (including phenoxy) is 1. The van der Waals surface area contributed by atoms with Gasteiger partial charge >= 0.3 is 7.12 Å². The fourth-order valence-electron chi connectivity index (χ4n) is 2.53. The van der Waals surface area contributed by atoms with Gasteiger partial charge in [0, 0.05) is 13.2 Å². The average molecular weight is 296 g/mol. The first-order chi connectivity index (χ1) is 9.65. The molecule has 1 amide bonds. The molecule has 1 fully saturated rings. The van der Waals surface area contributed by atoms with Crippen LogP contribution in [0.3, 0.4) is 0 Å². The molecular formula is C13H15BClNO4. The summed E-state index contributed by atoms with van der Waals surface area (Å²) >= 11 is 6.12. The Labute approximate surface area is 122 Å². The molecule has 5 nitrogen and oxygen atoms in total. The van der Waals surface area contributed by atoms with Crippen molar-refractivity contribution < 1.29 is 19.2 Å². The minimum atomic E-state index is -0.980. The zero-order chi connectivity index (χ0) is 14.1. The van der Waals surface area contributed by atoms with Crippen molar-refractivity contribution in [3.05, 3.63) is 28.3 Å². The minimum Gasteiger partial charge on any atom is -0.423 e. The highest BCUT2D eigenvalue weighted by Crippen LogP contribution is 2.21. The van der Waals surface area contributed by atoms with E-state index < -0.39 is 7.12 Å². The number of hydrogen-bond acceptors (Lipinski definition) is 4. The zero-order valence-electron chi connectivity index (χ0n) is 10.9. The molecule has 106 valence electrons. The maximum Gasteiger partial charge on any atom is 0.491 e. The fourth-order valence-corrected chi connectivity index (χ4v) is 2.80. The van der Waals surface area contributed by atoms with Gasteiger partial charge in [0.25, 0.3) is 5.91 Å². The molecule has 0 spiro atoms. The molecule has 7 heteroatoms. The third kappa shape index (κ3) is 2.69. The smallest absolute Gasteiger partial charge is 0.423 e. The Morgan fingerprint density at radius 3 is 3.15 bits per heavy atom. The third-order valence-corrected chi connectivity index (χ3v) is 3.96. The van der Waals surface area contributed by atoms with Gasteiger partial charge in [-0.2, -0.15) is 0 Å². The lowest BCUT2D eigenvalue weighted by molar-refractivity contribution is 0.0858. The van der Waals surface area contributed by atoms with E-state index in [4.69, 9.17) is 21.0 Å². The molecule has 2 aliphatic heterocycles. The second-order valence-corrected chi connectivity index (χ2v) is 5.45. The Morgan fingerprint density at radius 1 is 1.55 bits per heavy atom. The molecule has 1 unspecified atom stereocenters. The standard InChI is InChI=1S/C13H15BClNO4/c15-12-4-8-7-20-14(18)11(8)5-10(12)13(17)16-6-9-2-1-3-19-9/h4-5,9,18H,1-3,6-7H2,(H,16,17). The molecule has 1 aromatic rings. The van der Waals surface area contributed by atoms with Crippen LogP contribution < -0.4 is 10.8 Å². The van der Waals surface area contributed by atoms with Gasteiger partial charge in [-0.25, -0.2) is 0 Å². The van der Waals surface area contributed by atoms with Gasteiger partial charge in [-0.15, -0.1) is 0 Å². The number of benzene rings is 1. The van der Waals surface area contributed by atoms with Gasteiger partial charge in [0.1, 0.15) is 0 Å². The molecule has 2 N–H and O–H groups in total. The van der Waals surface area contributed by atoms with E-state index in [1.54, 1.807) is 12.1 Å². The molecule has 20 heavy (non-hydrogen) atoms. The average Bonchev–Trinajstić information content (AvgIpc) is 3.06. The highest BCUT2D eigenvalue weighted by Gasteiger charge is 2.29. The van der Waals surface area contributed by atoms with Crippen LogP contribution in [0.25, 0.3) is 0 Å². The number of carbonyl (C=O) groups is 1.